The minimum Gasteiger partial charge on any atom is -0.383 e. The SMILES string of the molecule is Nc1nc(-c2ccsn2)nc2nn(Cc3cccc(Cl)c3)cc12. The average Bonchev–Trinajstić information content (AvgIpc) is 3.16. The monoisotopic (exact) mass is 342 g/mol. The minimum absolute atomic E-state index is 0.398. The predicted octanol–water partition coefficient (Wildman–Crippen LogP) is 3.23. The molecule has 6 nitrogen and oxygen atoms in total. The van der Waals surface area contributed by atoms with Gasteiger partial charge < -0.3 is 5.73 Å². The highest BCUT2D eigenvalue weighted by molar-refractivity contribution is 7.03. The topological polar surface area (TPSA) is 82.5 Å². The molecular formula is C15H11ClN6S. The van der Waals surface area contributed by atoms with Crippen LogP contribution in [-0.4, -0.2) is 24.1 Å². The van der Waals surface area contributed by atoms with E-state index in [1.807, 2.05) is 41.9 Å². The molecule has 4 rings (SSSR count). The maximum absolute atomic E-state index is 6.04. The fourth-order valence-electron chi connectivity index (χ4n) is 2.32. The van der Waals surface area contributed by atoms with E-state index in [0.717, 1.165) is 10.9 Å². The molecule has 3 heterocycles. The second-order valence-electron chi connectivity index (χ2n) is 5.01. The molecule has 4 aromatic rings. The Labute approximate surface area is 140 Å². The molecule has 0 aliphatic rings. The van der Waals surface area contributed by atoms with Gasteiger partial charge in [-0.15, -0.1) is 0 Å². The Bertz CT molecular complexity index is 979. The van der Waals surface area contributed by atoms with Crippen LogP contribution in [-0.2, 0) is 6.54 Å². The van der Waals surface area contributed by atoms with E-state index in [1.54, 1.807) is 4.68 Å². The summed E-state index contributed by atoms with van der Waals surface area (Å²) in [4.78, 5) is 8.77. The molecule has 23 heavy (non-hydrogen) atoms. The standard InChI is InChI=1S/C15H11ClN6S/c16-10-3-1-2-9(6-10)7-22-8-11-13(17)18-15(19-14(11)20-22)12-4-5-23-21-12/h1-6,8H,7H2,(H2,17,18,19,20). The average molecular weight is 343 g/mol. The van der Waals surface area contributed by atoms with E-state index >= 15 is 0 Å². The maximum atomic E-state index is 6.04. The number of rotatable bonds is 3. The van der Waals surface area contributed by atoms with Crippen molar-refractivity contribution in [3.8, 4) is 11.5 Å². The highest BCUT2D eigenvalue weighted by Crippen LogP contribution is 2.22. The number of fused-ring (bicyclic) bond motifs is 1. The molecule has 0 radical (unpaired) electrons. The summed E-state index contributed by atoms with van der Waals surface area (Å²) in [6, 6.07) is 9.51. The lowest BCUT2D eigenvalue weighted by atomic mass is 10.2. The number of halogens is 1. The first-order valence-corrected chi connectivity index (χ1v) is 8.06. The van der Waals surface area contributed by atoms with Crippen molar-refractivity contribution in [2.75, 3.05) is 5.73 Å². The molecule has 0 unspecified atom stereocenters. The number of hydrogen-bond acceptors (Lipinski definition) is 6. The van der Waals surface area contributed by atoms with Crippen molar-refractivity contribution < 1.29 is 0 Å². The lowest BCUT2D eigenvalue weighted by molar-refractivity contribution is 0.693. The molecule has 0 amide bonds. The molecule has 0 aliphatic carbocycles. The van der Waals surface area contributed by atoms with Gasteiger partial charge in [0.25, 0.3) is 0 Å². The Morgan fingerprint density at radius 1 is 1.22 bits per heavy atom. The van der Waals surface area contributed by atoms with E-state index in [2.05, 4.69) is 19.4 Å². The lowest BCUT2D eigenvalue weighted by Crippen LogP contribution is -2.00. The molecule has 0 bridgehead atoms. The number of nitrogen functional groups attached to an aromatic ring is 1. The van der Waals surface area contributed by atoms with Crippen LogP contribution >= 0.6 is 23.1 Å². The molecule has 0 aliphatic heterocycles. The van der Waals surface area contributed by atoms with Gasteiger partial charge in [-0.2, -0.15) is 9.47 Å². The van der Waals surface area contributed by atoms with Crippen molar-refractivity contribution in [3.05, 3.63) is 52.5 Å². The van der Waals surface area contributed by atoms with Crippen LogP contribution < -0.4 is 5.73 Å². The second kappa shape index (κ2) is 5.60. The quantitative estimate of drug-likeness (QED) is 0.618. The third kappa shape index (κ3) is 2.76. The molecule has 0 spiro atoms. The number of anilines is 1. The molecule has 0 saturated heterocycles. The van der Waals surface area contributed by atoms with Gasteiger partial charge in [-0.25, -0.2) is 9.97 Å². The molecule has 8 heteroatoms. The molecule has 0 saturated carbocycles. The van der Waals surface area contributed by atoms with Crippen LogP contribution in [0.3, 0.4) is 0 Å². The summed E-state index contributed by atoms with van der Waals surface area (Å²) in [5, 5.41) is 7.79. The fraction of sp³-hybridized carbons (Fsp3) is 0.0667. The first kappa shape index (κ1) is 14.1. The largest absolute Gasteiger partial charge is 0.383 e. The summed E-state index contributed by atoms with van der Waals surface area (Å²) in [7, 11) is 0. The van der Waals surface area contributed by atoms with Gasteiger partial charge in [-0.3, -0.25) is 4.68 Å². The molecule has 3 aromatic heterocycles. The molecule has 1 aromatic carbocycles. The van der Waals surface area contributed by atoms with Crippen molar-refractivity contribution in [2.24, 2.45) is 0 Å². The molecule has 0 atom stereocenters. The van der Waals surface area contributed by atoms with Gasteiger partial charge in [0.2, 0.25) is 0 Å². The summed E-state index contributed by atoms with van der Waals surface area (Å²) in [6.07, 6.45) is 1.84. The normalized spacial score (nSPS) is 11.2. The van der Waals surface area contributed by atoms with E-state index in [1.165, 1.54) is 11.5 Å². The van der Waals surface area contributed by atoms with Crippen molar-refractivity contribution >= 4 is 40.0 Å². The van der Waals surface area contributed by atoms with Gasteiger partial charge in [-0.1, -0.05) is 23.7 Å². The molecule has 2 N–H and O–H groups in total. The number of nitrogens with two attached hydrogens (primary N) is 1. The van der Waals surface area contributed by atoms with Gasteiger partial charge in [0.1, 0.15) is 11.5 Å². The van der Waals surface area contributed by atoms with Crippen LogP contribution in [0.2, 0.25) is 5.02 Å². The summed E-state index contributed by atoms with van der Waals surface area (Å²) in [5.41, 5.74) is 8.36. The van der Waals surface area contributed by atoms with Gasteiger partial charge >= 0.3 is 0 Å². The number of nitrogens with zero attached hydrogens (tertiary/aromatic N) is 5. The fourth-order valence-corrected chi connectivity index (χ4v) is 3.04. The van der Waals surface area contributed by atoms with Crippen LogP contribution in [0.25, 0.3) is 22.6 Å². The van der Waals surface area contributed by atoms with Crippen molar-refractivity contribution in [1.29, 1.82) is 0 Å². The maximum Gasteiger partial charge on any atom is 0.187 e. The summed E-state index contributed by atoms with van der Waals surface area (Å²) in [6.45, 7) is 0.586. The van der Waals surface area contributed by atoms with Crippen LogP contribution in [0, 0.1) is 0 Å². The highest BCUT2D eigenvalue weighted by atomic mass is 35.5. The van der Waals surface area contributed by atoms with Crippen LogP contribution in [0.4, 0.5) is 5.82 Å². The van der Waals surface area contributed by atoms with Crippen molar-refractivity contribution in [3.63, 3.8) is 0 Å². The number of benzene rings is 1. The van der Waals surface area contributed by atoms with Crippen LogP contribution in [0.5, 0.6) is 0 Å². The lowest BCUT2D eigenvalue weighted by Gasteiger charge is -2.01. The molecular weight excluding hydrogens is 332 g/mol. The van der Waals surface area contributed by atoms with E-state index in [4.69, 9.17) is 17.3 Å². The first-order valence-electron chi connectivity index (χ1n) is 6.85. The second-order valence-corrected chi connectivity index (χ2v) is 6.11. The van der Waals surface area contributed by atoms with E-state index < -0.39 is 0 Å². The Morgan fingerprint density at radius 3 is 2.91 bits per heavy atom. The zero-order valence-electron chi connectivity index (χ0n) is 11.8. The van der Waals surface area contributed by atoms with Crippen molar-refractivity contribution in [1.82, 2.24) is 24.1 Å². The summed E-state index contributed by atoms with van der Waals surface area (Å²) < 4.78 is 6.01. The van der Waals surface area contributed by atoms with Gasteiger partial charge in [0.15, 0.2) is 11.5 Å². The summed E-state index contributed by atoms with van der Waals surface area (Å²) in [5.74, 6) is 0.889. The Hall–Kier alpha value is -2.51. The van der Waals surface area contributed by atoms with Crippen molar-refractivity contribution in [2.45, 2.75) is 6.54 Å². The Kier molecular flexibility index (Phi) is 3.44. The van der Waals surface area contributed by atoms with E-state index in [0.29, 0.717) is 34.6 Å². The van der Waals surface area contributed by atoms with E-state index in [-0.39, 0.29) is 0 Å². The number of aromatic nitrogens is 5. The zero-order valence-corrected chi connectivity index (χ0v) is 13.4. The first-order chi connectivity index (χ1) is 11.2. The van der Waals surface area contributed by atoms with Gasteiger partial charge in [0, 0.05) is 16.6 Å². The highest BCUT2D eigenvalue weighted by Gasteiger charge is 2.12. The Balaban J connectivity index is 1.74. The van der Waals surface area contributed by atoms with E-state index in [9.17, 15) is 0 Å². The molecule has 0 fully saturated rings. The third-order valence-electron chi connectivity index (χ3n) is 3.36. The third-order valence-corrected chi connectivity index (χ3v) is 4.15. The van der Waals surface area contributed by atoms with Gasteiger partial charge in [-0.05, 0) is 35.3 Å². The predicted molar refractivity (Wildman–Crippen MR) is 91.4 cm³/mol. The minimum atomic E-state index is 0.398. The smallest absolute Gasteiger partial charge is 0.187 e. The number of hydrogen-bond donors (Lipinski definition) is 1. The van der Waals surface area contributed by atoms with Gasteiger partial charge in [0.05, 0.1) is 11.9 Å². The van der Waals surface area contributed by atoms with Crippen LogP contribution in [0.15, 0.2) is 41.9 Å². The molecule has 114 valence electrons. The summed E-state index contributed by atoms with van der Waals surface area (Å²) >= 11 is 7.36. The Morgan fingerprint density at radius 2 is 2.13 bits per heavy atom. The zero-order chi connectivity index (χ0) is 15.8. The van der Waals surface area contributed by atoms with Crippen LogP contribution in [0.1, 0.15) is 5.56 Å².